The maximum Gasteiger partial charge on any atom is 0.180 e. The quantitative estimate of drug-likeness (QED) is 0.0775. The Morgan fingerprint density at radius 2 is 0.697 bits per heavy atom. The molecule has 5 heterocycles. The van der Waals surface area contributed by atoms with Crippen molar-refractivity contribution in [2.75, 3.05) is 13.2 Å². The first-order valence-electron chi connectivity index (χ1n) is 24.3. The Morgan fingerprint density at radius 1 is 0.379 bits per heavy atom. The van der Waals surface area contributed by atoms with Crippen LogP contribution < -0.4 is 9.47 Å². The lowest BCUT2D eigenvalue weighted by molar-refractivity contribution is 0.264. The van der Waals surface area contributed by atoms with E-state index in [1.54, 1.807) is 11.3 Å². The molecule has 2 aliphatic rings. The number of hydrogen-bond acceptors (Lipinski definition) is 5. The molecular formula is C60H61N3O2S. The number of H-pyrrole nitrogens is 1. The Balaban J connectivity index is 1.40. The zero-order chi connectivity index (χ0) is 44.9. The van der Waals surface area contributed by atoms with Crippen molar-refractivity contribution < 1.29 is 9.47 Å². The molecule has 0 saturated heterocycles. The van der Waals surface area contributed by atoms with Gasteiger partial charge in [0.1, 0.15) is 0 Å². The van der Waals surface area contributed by atoms with Gasteiger partial charge >= 0.3 is 0 Å². The van der Waals surface area contributed by atoms with Gasteiger partial charge in [0.15, 0.2) is 11.5 Å². The molecular weight excluding hydrogens is 827 g/mol. The number of thiophene rings is 1. The molecule has 2 aliphatic heterocycles. The average Bonchev–Trinajstić information content (AvgIpc) is 4.20. The standard InChI is InChI=1S/C60H61N3O2S/c1-3-5-7-9-11-25-41-64-57-58(65-42-26-12-10-8-6-4-2)60-56(46-33-23-16-24-34-46)52-40-38-50(63-52)54(44-29-19-14-20-30-44)48-36-35-47(61-48)53(43-27-17-13-18-28-43)49-37-39-51(62-49)55(59(57)66-60)45-31-21-15-22-32-45/h13-24,27-40,61H,3-12,25-26,41-42H2,1-2H3. The van der Waals surface area contributed by atoms with Crippen molar-refractivity contribution in [3.63, 3.8) is 0 Å². The second-order valence-corrected chi connectivity index (χ2v) is 18.4. The molecule has 0 saturated carbocycles. The summed E-state index contributed by atoms with van der Waals surface area (Å²) in [5.74, 6) is 1.58. The molecule has 7 aromatic rings. The van der Waals surface area contributed by atoms with Crippen LogP contribution in [0.4, 0.5) is 0 Å². The largest absolute Gasteiger partial charge is 0.488 e. The minimum Gasteiger partial charge on any atom is -0.488 e. The summed E-state index contributed by atoms with van der Waals surface area (Å²) in [6.07, 6.45) is 22.9. The Morgan fingerprint density at radius 3 is 1.06 bits per heavy atom. The van der Waals surface area contributed by atoms with Crippen LogP contribution in [0.1, 0.15) is 114 Å². The topological polar surface area (TPSA) is 60.0 Å². The van der Waals surface area contributed by atoms with Crippen molar-refractivity contribution >= 4 is 56.1 Å². The van der Waals surface area contributed by atoms with Gasteiger partial charge in [-0.05, 0) is 71.5 Å². The van der Waals surface area contributed by atoms with E-state index in [4.69, 9.17) is 19.4 Å². The lowest BCUT2D eigenvalue weighted by Gasteiger charge is -2.13. The van der Waals surface area contributed by atoms with Gasteiger partial charge < -0.3 is 14.5 Å². The monoisotopic (exact) mass is 887 g/mol. The van der Waals surface area contributed by atoms with E-state index in [9.17, 15) is 0 Å². The van der Waals surface area contributed by atoms with Gasteiger partial charge in [-0.25, -0.2) is 9.97 Å². The van der Waals surface area contributed by atoms with Crippen molar-refractivity contribution in [3.05, 3.63) is 156 Å². The Kier molecular flexibility index (Phi) is 15.0. The van der Waals surface area contributed by atoms with Crippen LogP contribution in [0.25, 0.3) is 89.2 Å². The van der Waals surface area contributed by atoms with Crippen LogP contribution in [0.15, 0.2) is 133 Å². The van der Waals surface area contributed by atoms with Gasteiger partial charge in [0.25, 0.3) is 0 Å². The Labute approximate surface area is 395 Å². The predicted molar refractivity (Wildman–Crippen MR) is 282 cm³/mol. The molecule has 0 amide bonds. The van der Waals surface area contributed by atoms with Crippen molar-refractivity contribution in [1.82, 2.24) is 15.0 Å². The van der Waals surface area contributed by atoms with E-state index in [0.717, 1.165) is 125 Å². The molecule has 334 valence electrons. The van der Waals surface area contributed by atoms with Gasteiger partial charge in [-0.1, -0.05) is 199 Å². The summed E-state index contributed by atoms with van der Waals surface area (Å²) in [5, 5.41) is 0. The number of nitrogens with one attached hydrogen (secondary N) is 1. The van der Waals surface area contributed by atoms with Crippen molar-refractivity contribution in [2.45, 2.75) is 90.9 Å². The third kappa shape index (κ3) is 10.1. The van der Waals surface area contributed by atoms with Crippen LogP contribution in [0.2, 0.25) is 0 Å². The summed E-state index contributed by atoms with van der Waals surface area (Å²) in [5.41, 5.74) is 13.9. The molecule has 0 atom stereocenters. The second-order valence-electron chi connectivity index (χ2n) is 17.3. The maximum atomic E-state index is 7.17. The van der Waals surface area contributed by atoms with Gasteiger partial charge in [-0.3, -0.25) is 0 Å². The third-order valence-electron chi connectivity index (χ3n) is 12.5. The molecule has 66 heavy (non-hydrogen) atoms. The first kappa shape index (κ1) is 44.7. The molecule has 0 radical (unpaired) electrons. The first-order chi connectivity index (χ1) is 32.7. The highest BCUT2D eigenvalue weighted by Crippen LogP contribution is 2.52. The summed E-state index contributed by atoms with van der Waals surface area (Å²) in [6.45, 7) is 5.74. The minimum absolute atomic E-state index is 0.597. The molecule has 1 N–H and O–H groups in total. The number of hydrogen-bond donors (Lipinski definition) is 1. The molecule has 0 aliphatic carbocycles. The zero-order valence-electron chi connectivity index (χ0n) is 38.5. The van der Waals surface area contributed by atoms with Gasteiger partial charge in [0, 0.05) is 33.3 Å². The summed E-state index contributed by atoms with van der Waals surface area (Å²) < 4.78 is 16.4. The van der Waals surface area contributed by atoms with E-state index >= 15 is 0 Å². The summed E-state index contributed by atoms with van der Waals surface area (Å²) in [6, 6.07) is 47.0. The van der Waals surface area contributed by atoms with Crippen LogP contribution in [0.5, 0.6) is 11.5 Å². The third-order valence-corrected chi connectivity index (χ3v) is 13.7. The molecule has 4 aromatic carbocycles. The highest BCUT2D eigenvalue weighted by molar-refractivity contribution is 7.25. The number of unbranched alkanes of at least 4 members (excludes halogenated alkanes) is 10. The number of aromatic amines is 1. The van der Waals surface area contributed by atoms with E-state index in [1.165, 1.54) is 51.4 Å². The van der Waals surface area contributed by atoms with Gasteiger partial charge in [-0.15, -0.1) is 11.3 Å². The molecule has 3 aromatic heterocycles. The Bertz CT molecular complexity index is 2740. The molecule has 5 nitrogen and oxygen atoms in total. The van der Waals surface area contributed by atoms with Crippen LogP contribution in [0.3, 0.4) is 0 Å². The van der Waals surface area contributed by atoms with E-state index in [2.05, 4.69) is 177 Å². The lowest BCUT2D eigenvalue weighted by atomic mass is 10.0. The molecule has 0 fully saturated rings. The van der Waals surface area contributed by atoms with Crippen molar-refractivity contribution in [3.8, 4) is 56.0 Å². The van der Waals surface area contributed by atoms with E-state index in [0.29, 0.717) is 13.2 Å². The van der Waals surface area contributed by atoms with E-state index < -0.39 is 0 Å². The SMILES string of the molecule is CCCCCCCCOc1c(OCCCCCCCC)c2sc1c(-c1ccccc1)c1nc(c(-c3ccccc3)c3ccc([nH]3)c(-c3ccccc3)c3nc(c2-c2ccccc2)C=C3)C=C1. The number of aromatic nitrogens is 3. The van der Waals surface area contributed by atoms with Crippen LogP contribution in [-0.2, 0) is 0 Å². The highest BCUT2D eigenvalue weighted by Gasteiger charge is 2.26. The molecule has 9 rings (SSSR count). The van der Waals surface area contributed by atoms with Crippen molar-refractivity contribution in [2.24, 2.45) is 0 Å². The first-order valence-corrected chi connectivity index (χ1v) is 25.1. The predicted octanol–water partition coefficient (Wildman–Crippen LogP) is 17.5. The number of fused-ring (bicyclic) bond motifs is 8. The van der Waals surface area contributed by atoms with Gasteiger partial charge in [0.05, 0.1) is 45.4 Å². The summed E-state index contributed by atoms with van der Waals surface area (Å²) >= 11 is 1.74. The molecule has 6 heteroatoms. The zero-order valence-corrected chi connectivity index (χ0v) is 39.3. The normalized spacial score (nSPS) is 11.9. The smallest absolute Gasteiger partial charge is 0.180 e. The fourth-order valence-corrected chi connectivity index (χ4v) is 10.5. The van der Waals surface area contributed by atoms with E-state index in [-0.39, 0.29) is 0 Å². The Hall–Kier alpha value is -6.50. The molecule has 0 unspecified atom stereocenters. The lowest BCUT2D eigenvalue weighted by Crippen LogP contribution is -2.02. The average molecular weight is 888 g/mol. The van der Waals surface area contributed by atoms with Crippen LogP contribution >= 0.6 is 11.3 Å². The van der Waals surface area contributed by atoms with E-state index in [1.807, 2.05) is 0 Å². The fourth-order valence-electron chi connectivity index (χ4n) is 9.17. The van der Waals surface area contributed by atoms with Crippen molar-refractivity contribution in [1.29, 1.82) is 0 Å². The molecule has 8 bridgehead atoms. The number of rotatable bonds is 20. The van der Waals surface area contributed by atoms with Crippen LogP contribution in [-0.4, -0.2) is 28.2 Å². The van der Waals surface area contributed by atoms with Gasteiger partial charge in [0.2, 0.25) is 0 Å². The minimum atomic E-state index is 0.597. The second kappa shape index (κ2) is 22.1. The number of benzene rings is 4. The summed E-state index contributed by atoms with van der Waals surface area (Å²) in [7, 11) is 0. The van der Waals surface area contributed by atoms with Crippen LogP contribution in [0, 0.1) is 0 Å². The van der Waals surface area contributed by atoms with Gasteiger partial charge in [-0.2, -0.15) is 0 Å². The number of ether oxygens (including phenoxy) is 2. The number of nitrogens with zero attached hydrogens (tertiary/aromatic N) is 2. The summed E-state index contributed by atoms with van der Waals surface area (Å²) in [4.78, 5) is 15.1. The highest BCUT2D eigenvalue weighted by atomic mass is 32.1. The molecule has 0 spiro atoms. The fraction of sp³-hybridized carbons (Fsp3) is 0.267. The maximum absolute atomic E-state index is 7.17.